The van der Waals surface area contributed by atoms with E-state index in [9.17, 15) is 5.11 Å². The van der Waals surface area contributed by atoms with E-state index in [0.717, 1.165) is 21.5 Å². The zero-order valence-electron chi connectivity index (χ0n) is 10.9. The normalized spacial score (nSPS) is 10.3. The highest BCUT2D eigenvalue weighted by atomic mass is 79.9. The van der Waals surface area contributed by atoms with Gasteiger partial charge in [-0.2, -0.15) is 0 Å². The van der Waals surface area contributed by atoms with Crippen molar-refractivity contribution in [2.24, 2.45) is 0 Å². The van der Waals surface area contributed by atoms with E-state index >= 15 is 0 Å². The number of rotatable bonds is 4. The van der Waals surface area contributed by atoms with Gasteiger partial charge < -0.3 is 15.2 Å². The molecule has 0 spiro atoms. The summed E-state index contributed by atoms with van der Waals surface area (Å²) < 4.78 is 6.21. The van der Waals surface area contributed by atoms with Gasteiger partial charge in [-0.3, -0.25) is 0 Å². The minimum atomic E-state index is 0.263. The molecule has 0 unspecified atom stereocenters. The molecule has 2 N–H and O–H groups in total. The zero-order valence-corrected chi connectivity index (χ0v) is 12.5. The summed E-state index contributed by atoms with van der Waals surface area (Å²) in [6, 6.07) is 11.3. The summed E-state index contributed by atoms with van der Waals surface area (Å²) in [6.07, 6.45) is 0. The van der Waals surface area contributed by atoms with Crippen LogP contribution >= 0.6 is 15.9 Å². The fourth-order valence-corrected chi connectivity index (χ4v) is 2.11. The molecular formula is C15H16BrNO2. The highest BCUT2D eigenvalue weighted by molar-refractivity contribution is 9.10. The highest BCUT2D eigenvalue weighted by Gasteiger charge is 2.04. The predicted molar refractivity (Wildman–Crippen MR) is 80.9 cm³/mol. The van der Waals surface area contributed by atoms with Crippen LogP contribution in [0.5, 0.6) is 11.5 Å². The van der Waals surface area contributed by atoms with Gasteiger partial charge in [0.25, 0.3) is 0 Å². The summed E-state index contributed by atoms with van der Waals surface area (Å²) in [5.74, 6) is 0.999. The molecule has 0 atom stereocenters. The third kappa shape index (κ3) is 3.41. The van der Waals surface area contributed by atoms with Gasteiger partial charge in [0.1, 0.15) is 11.5 Å². The number of hydrogen-bond acceptors (Lipinski definition) is 3. The number of phenolic OH excluding ortho intramolecular Hbond substituents is 1. The van der Waals surface area contributed by atoms with Gasteiger partial charge in [0.15, 0.2) is 0 Å². The molecule has 0 fully saturated rings. The molecule has 0 saturated carbocycles. The average molecular weight is 322 g/mol. The Hall–Kier alpha value is -1.68. The van der Waals surface area contributed by atoms with E-state index in [1.807, 2.05) is 31.2 Å². The van der Waals surface area contributed by atoms with Gasteiger partial charge in [-0.05, 0) is 42.8 Å². The SMILES string of the molecule is COc1ccc(O)c(CNc2ccc(C)c(Br)c2)c1. The van der Waals surface area contributed by atoms with Crippen molar-refractivity contribution in [1.29, 1.82) is 0 Å². The molecule has 2 rings (SSSR count). The lowest BCUT2D eigenvalue weighted by molar-refractivity contribution is 0.411. The lowest BCUT2D eigenvalue weighted by Gasteiger charge is -2.10. The van der Waals surface area contributed by atoms with Crippen LogP contribution in [0.4, 0.5) is 5.69 Å². The Kier molecular flexibility index (Phi) is 4.32. The molecule has 0 aliphatic carbocycles. The van der Waals surface area contributed by atoms with Crippen LogP contribution in [0.25, 0.3) is 0 Å². The zero-order chi connectivity index (χ0) is 13.8. The average Bonchev–Trinajstić information content (AvgIpc) is 2.41. The fourth-order valence-electron chi connectivity index (χ4n) is 1.73. The van der Waals surface area contributed by atoms with Crippen LogP contribution in [0.2, 0.25) is 0 Å². The Balaban J connectivity index is 2.11. The molecule has 0 saturated heterocycles. The first-order valence-corrected chi connectivity index (χ1v) is 6.75. The molecule has 100 valence electrons. The Labute approximate surface area is 121 Å². The molecule has 0 bridgehead atoms. The second kappa shape index (κ2) is 5.97. The van der Waals surface area contributed by atoms with E-state index < -0.39 is 0 Å². The summed E-state index contributed by atoms with van der Waals surface area (Å²) in [6.45, 7) is 2.58. The monoisotopic (exact) mass is 321 g/mol. The number of aryl methyl sites for hydroxylation is 1. The minimum Gasteiger partial charge on any atom is -0.508 e. The van der Waals surface area contributed by atoms with Crippen LogP contribution < -0.4 is 10.1 Å². The highest BCUT2D eigenvalue weighted by Crippen LogP contribution is 2.25. The first kappa shape index (κ1) is 13.7. The Morgan fingerprint density at radius 3 is 2.68 bits per heavy atom. The number of halogens is 1. The van der Waals surface area contributed by atoms with Gasteiger partial charge in [0, 0.05) is 22.3 Å². The van der Waals surface area contributed by atoms with Gasteiger partial charge in [0.2, 0.25) is 0 Å². The fraction of sp³-hybridized carbons (Fsp3) is 0.200. The quantitative estimate of drug-likeness (QED) is 0.891. The molecule has 3 nitrogen and oxygen atoms in total. The maximum atomic E-state index is 9.80. The molecule has 2 aromatic carbocycles. The van der Waals surface area contributed by atoms with E-state index in [0.29, 0.717) is 6.54 Å². The Bertz CT molecular complexity index is 584. The van der Waals surface area contributed by atoms with E-state index in [4.69, 9.17) is 4.74 Å². The molecule has 19 heavy (non-hydrogen) atoms. The number of hydrogen-bond donors (Lipinski definition) is 2. The van der Waals surface area contributed by atoms with Crippen molar-refractivity contribution in [3.8, 4) is 11.5 Å². The Morgan fingerprint density at radius 2 is 2.00 bits per heavy atom. The molecule has 2 aromatic rings. The number of anilines is 1. The van der Waals surface area contributed by atoms with Gasteiger partial charge in [-0.15, -0.1) is 0 Å². The third-order valence-electron chi connectivity index (χ3n) is 2.94. The molecule has 0 aliphatic rings. The molecule has 0 heterocycles. The van der Waals surface area contributed by atoms with Gasteiger partial charge >= 0.3 is 0 Å². The lowest BCUT2D eigenvalue weighted by atomic mass is 10.1. The maximum absolute atomic E-state index is 9.80. The van der Waals surface area contributed by atoms with Crippen LogP contribution in [0, 0.1) is 6.92 Å². The standard InChI is InChI=1S/C15H16BrNO2/c1-10-3-4-12(8-14(10)16)17-9-11-7-13(19-2)5-6-15(11)18/h3-8,17-18H,9H2,1-2H3. The summed E-state index contributed by atoms with van der Waals surface area (Å²) in [5.41, 5.74) is 2.99. The number of aromatic hydroxyl groups is 1. The maximum Gasteiger partial charge on any atom is 0.120 e. The topological polar surface area (TPSA) is 41.5 Å². The minimum absolute atomic E-state index is 0.263. The predicted octanol–water partition coefficient (Wildman–Crippen LogP) is 4.08. The number of phenols is 1. The van der Waals surface area contributed by atoms with Crippen LogP contribution in [0.15, 0.2) is 40.9 Å². The van der Waals surface area contributed by atoms with Crippen molar-refractivity contribution in [3.05, 3.63) is 52.0 Å². The van der Waals surface area contributed by atoms with Gasteiger partial charge in [-0.1, -0.05) is 22.0 Å². The second-order valence-corrected chi connectivity index (χ2v) is 5.17. The summed E-state index contributed by atoms with van der Waals surface area (Å²) in [4.78, 5) is 0. The lowest BCUT2D eigenvalue weighted by Crippen LogP contribution is -2.00. The van der Waals surface area contributed by atoms with E-state index in [-0.39, 0.29) is 5.75 Å². The molecular weight excluding hydrogens is 306 g/mol. The first-order valence-electron chi connectivity index (χ1n) is 5.96. The van der Waals surface area contributed by atoms with Crippen molar-refractivity contribution in [1.82, 2.24) is 0 Å². The van der Waals surface area contributed by atoms with E-state index in [1.165, 1.54) is 5.56 Å². The number of methoxy groups -OCH3 is 1. The van der Waals surface area contributed by atoms with Crippen LogP contribution in [-0.2, 0) is 6.54 Å². The summed E-state index contributed by atoms with van der Waals surface area (Å²) in [5, 5.41) is 13.1. The summed E-state index contributed by atoms with van der Waals surface area (Å²) in [7, 11) is 1.61. The largest absolute Gasteiger partial charge is 0.508 e. The van der Waals surface area contributed by atoms with Crippen LogP contribution in [-0.4, -0.2) is 12.2 Å². The molecule has 0 aromatic heterocycles. The molecule has 0 radical (unpaired) electrons. The van der Waals surface area contributed by atoms with Crippen LogP contribution in [0.1, 0.15) is 11.1 Å². The molecule has 0 amide bonds. The van der Waals surface area contributed by atoms with E-state index in [2.05, 4.69) is 21.2 Å². The molecule has 0 aliphatic heterocycles. The Morgan fingerprint density at radius 1 is 1.21 bits per heavy atom. The number of ether oxygens (including phenoxy) is 1. The van der Waals surface area contributed by atoms with Crippen molar-refractivity contribution < 1.29 is 9.84 Å². The number of benzene rings is 2. The van der Waals surface area contributed by atoms with Gasteiger partial charge in [-0.25, -0.2) is 0 Å². The van der Waals surface area contributed by atoms with Gasteiger partial charge in [0.05, 0.1) is 7.11 Å². The van der Waals surface area contributed by atoms with Crippen molar-refractivity contribution in [2.45, 2.75) is 13.5 Å². The second-order valence-electron chi connectivity index (χ2n) is 4.31. The summed E-state index contributed by atoms with van der Waals surface area (Å²) >= 11 is 3.50. The molecule has 4 heteroatoms. The smallest absolute Gasteiger partial charge is 0.120 e. The van der Waals surface area contributed by atoms with Crippen molar-refractivity contribution in [3.63, 3.8) is 0 Å². The van der Waals surface area contributed by atoms with Crippen molar-refractivity contribution >= 4 is 21.6 Å². The van der Waals surface area contributed by atoms with Crippen molar-refractivity contribution in [2.75, 3.05) is 12.4 Å². The van der Waals surface area contributed by atoms with Crippen LogP contribution in [0.3, 0.4) is 0 Å². The van der Waals surface area contributed by atoms with E-state index in [1.54, 1.807) is 19.2 Å². The first-order chi connectivity index (χ1) is 9.10. The number of nitrogens with one attached hydrogen (secondary N) is 1. The third-order valence-corrected chi connectivity index (χ3v) is 3.80.